The summed E-state index contributed by atoms with van der Waals surface area (Å²) in [6.07, 6.45) is -4.33. The number of hydrogen-bond acceptors (Lipinski definition) is 3. The number of nitrogens with one attached hydrogen (secondary N) is 1. The molecule has 0 heterocycles. The van der Waals surface area contributed by atoms with E-state index in [4.69, 9.17) is 5.26 Å². The Labute approximate surface area is 137 Å². The SMILES string of the molecule is N#Cc1cccc(S(=O)(=O)NCCc2cccc(C(F)(F)F)c2)c1. The zero-order valence-corrected chi connectivity index (χ0v) is 13.2. The van der Waals surface area contributed by atoms with Crippen LogP contribution in [0.25, 0.3) is 0 Å². The predicted molar refractivity (Wildman–Crippen MR) is 81.5 cm³/mol. The Bertz CT molecular complexity index is 871. The van der Waals surface area contributed by atoms with Gasteiger partial charge in [-0.25, -0.2) is 13.1 Å². The molecule has 0 aliphatic rings. The first-order valence-electron chi connectivity index (χ1n) is 6.88. The van der Waals surface area contributed by atoms with Gasteiger partial charge in [-0.2, -0.15) is 18.4 Å². The van der Waals surface area contributed by atoms with Gasteiger partial charge in [0, 0.05) is 6.54 Å². The third-order valence-corrected chi connectivity index (χ3v) is 4.69. The highest BCUT2D eigenvalue weighted by molar-refractivity contribution is 7.89. The van der Waals surface area contributed by atoms with Gasteiger partial charge in [0.1, 0.15) is 0 Å². The molecule has 0 aliphatic carbocycles. The molecule has 24 heavy (non-hydrogen) atoms. The highest BCUT2D eigenvalue weighted by atomic mass is 32.2. The van der Waals surface area contributed by atoms with Gasteiger partial charge in [-0.15, -0.1) is 0 Å². The largest absolute Gasteiger partial charge is 0.416 e. The molecule has 0 radical (unpaired) electrons. The quantitative estimate of drug-likeness (QED) is 0.897. The van der Waals surface area contributed by atoms with Crippen molar-refractivity contribution in [3.63, 3.8) is 0 Å². The van der Waals surface area contributed by atoms with E-state index in [-0.39, 0.29) is 23.4 Å². The monoisotopic (exact) mass is 354 g/mol. The molecule has 8 heteroatoms. The molecule has 2 aromatic rings. The third-order valence-electron chi connectivity index (χ3n) is 3.23. The Morgan fingerprint density at radius 2 is 1.79 bits per heavy atom. The van der Waals surface area contributed by atoms with Crippen molar-refractivity contribution in [1.82, 2.24) is 4.72 Å². The van der Waals surface area contributed by atoms with Crippen LogP contribution in [0.2, 0.25) is 0 Å². The third kappa shape index (κ3) is 4.57. The lowest BCUT2D eigenvalue weighted by molar-refractivity contribution is -0.137. The number of nitriles is 1. The molecular formula is C16H13F3N2O2S. The number of nitrogens with zero attached hydrogens (tertiary/aromatic N) is 1. The molecular weight excluding hydrogens is 341 g/mol. The number of halogens is 3. The average Bonchev–Trinajstić information content (AvgIpc) is 2.54. The fraction of sp³-hybridized carbons (Fsp3) is 0.188. The second-order valence-electron chi connectivity index (χ2n) is 4.99. The average molecular weight is 354 g/mol. The molecule has 0 fully saturated rings. The van der Waals surface area contributed by atoms with Crippen LogP contribution in [-0.4, -0.2) is 15.0 Å². The molecule has 0 unspecified atom stereocenters. The predicted octanol–water partition coefficient (Wildman–Crippen LogP) is 3.10. The zero-order valence-electron chi connectivity index (χ0n) is 12.3. The maximum atomic E-state index is 12.6. The van der Waals surface area contributed by atoms with Crippen LogP contribution in [0, 0.1) is 11.3 Å². The first-order chi connectivity index (χ1) is 11.2. The summed E-state index contributed by atoms with van der Waals surface area (Å²) in [5.74, 6) is 0. The summed E-state index contributed by atoms with van der Waals surface area (Å²) in [6, 6.07) is 12.1. The van der Waals surface area contributed by atoms with Crippen LogP contribution in [0.4, 0.5) is 13.2 Å². The summed E-state index contributed by atoms with van der Waals surface area (Å²) in [6.45, 7) is -0.0551. The molecule has 4 nitrogen and oxygen atoms in total. The lowest BCUT2D eigenvalue weighted by Gasteiger charge is -2.10. The minimum atomic E-state index is -4.44. The van der Waals surface area contributed by atoms with Crippen LogP contribution in [0.1, 0.15) is 16.7 Å². The summed E-state index contributed by atoms with van der Waals surface area (Å²) in [5, 5.41) is 8.79. The maximum Gasteiger partial charge on any atom is 0.416 e. The minimum Gasteiger partial charge on any atom is -0.211 e. The first-order valence-corrected chi connectivity index (χ1v) is 8.37. The van der Waals surface area contributed by atoms with E-state index < -0.39 is 21.8 Å². The fourth-order valence-electron chi connectivity index (χ4n) is 2.05. The summed E-state index contributed by atoms with van der Waals surface area (Å²) < 4.78 is 64.4. The molecule has 0 aliphatic heterocycles. The van der Waals surface area contributed by atoms with Gasteiger partial charge in [0.25, 0.3) is 0 Å². The molecule has 0 atom stereocenters. The van der Waals surface area contributed by atoms with Crippen molar-refractivity contribution < 1.29 is 21.6 Å². The zero-order chi connectivity index (χ0) is 17.8. The Kier molecular flexibility index (Phi) is 5.26. The van der Waals surface area contributed by atoms with E-state index in [1.54, 1.807) is 0 Å². The molecule has 0 amide bonds. The van der Waals surface area contributed by atoms with Gasteiger partial charge in [-0.3, -0.25) is 0 Å². The van der Waals surface area contributed by atoms with Crippen molar-refractivity contribution in [2.45, 2.75) is 17.5 Å². The summed E-state index contributed by atoms with van der Waals surface area (Å²) in [7, 11) is -3.82. The summed E-state index contributed by atoms with van der Waals surface area (Å²) >= 11 is 0. The lowest BCUT2D eigenvalue weighted by atomic mass is 10.1. The van der Waals surface area contributed by atoms with Gasteiger partial charge in [0.2, 0.25) is 10.0 Å². The smallest absolute Gasteiger partial charge is 0.211 e. The summed E-state index contributed by atoms with van der Waals surface area (Å²) in [4.78, 5) is -0.0643. The van der Waals surface area contributed by atoms with Crippen LogP contribution in [0.3, 0.4) is 0 Å². The minimum absolute atomic E-state index is 0.0551. The van der Waals surface area contributed by atoms with E-state index in [0.717, 1.165) is 12.1 Å². The van der Waals surface area contributed by atoms with Crippen LogP contribution < -0.4 is 4.72 Å². The molecule has 1 N–H and O–H groups in total. The van der Waals surface area contributed by atoms with Crippen molar-refractivity contribution in [3.05, 3.63) is 65.2 Å². The molecule has 126 valence electrons. The van der Waals surface area contributed by atoms with E-state index in [1.807, 2.05) is 6.07 Å². The number of rotatable bonds is 5. The Balaban J connectivity index is 2.05. The van der Waals surface area contributed by atoms with E-state index in [1.165, 1.54) is 36.4 Å². The topological polar surface area (TPSA) is 70.0 Å². The van der Waals surface area contributed by atoms with Gasteiger partial charge in [-0.1, -0.05) is 24.3 Å². The summed E-state index contributed by atoms with van der Waals surface area (Å²) in [5.41, 5.74) is -0.196. The number of alkyl halides is 3. The molecule has 0 spiro atoms. The highest BCUT2D eigenvalue weighted by Crippen LogP contribution is 2.29. The van der Waals surface area contributed by atoms with E-state index in [9.17, 15) is 21.6 Å². The maximum absolute atomic E-state index is 12.6. The lowest BCUT2D eigenvalue weighted by Crippen LogP contribution is -2.26. The molecule has 0 saturated carbocycles. The number of benzene rings is 2. The second kappa shape index (κ2) is 7.03. The van der Waals surface area contributed by atoms with Gasteiger partial charge in [-0.05, 0) is 36.2 Å². The van der Waals surface area contributed by atoms with Crippen LogP contribution in [0.5, 0.6) is 0 Å². The number of hydrogen-bond donors (Lipinski definition) is 1. The van der Waals surface area contributed by atoms with Gasteiger partial charge in [0.05, 0.1) is 22.1 Å². The molecule has 2 rings (SSSR count). The Morgan fingerprint density at radius 1 is 1.08 bits per heavy atom. The Hall–Kier alpha value is -2.37. The van der Waals surface area contributed by atoms with Gasteiger partial charge in [0.15, 0.2) is 0 Å². The van der Waals surface area contributed by atoms with E-state index in [0.29, 0.717) is 5.56 Å². The van der Waals surface area contributed by atoms with Crippen molar-refractivity contribution in [3.8, 4) is 6.07 Å². The normalized spacial score (nSPS) is 11.9. The molecule has 0 bridgehead atoms. The standard InChI is InChI=1S/C16H13F3N2O2S/c17-16(18,19)14-5-1-3-12(9-14)7-8-21-24(22,23)15-6-2-4-13(10-15)11-20/h1-6,9-10,21H,7-8H2. The van der Waals surface area contributed by atoms with Crippen LogP contribution in [-0.2, 0) is 22.6 Å². The van der Waals surface area contributed by atoms with Crippen LogP contribution in [0.15, 0.2) is 53.4 Å². The molecule has 2 aromatic carbocycles. The van der Waals surface area contributed by atoms with Crippen LogP contribution >= 0.6 is 0 Å². The first kappa shape index (κ1) is 18.0. The van der Waals surface area contributed by atoms with Crippen molar-refractivity contribution in [1.29, 1.82) is 5.26 Å². The van der Waals surface area contributed by atoms with Crippen molar-refractivity contribution in [2.24, 2.45) is 0 Å². The number of sulfonamides is 1. The highest BCUT2D eigenvalue weighted by Gasteiger charge is 2.30. The van der Waals surface area contributed by atoms with Gasteiger partial charge < -0.3 is 0 Å². The molecule has 0 aromatic heterocycles. The second-order valence-corrected chi connectivity index (χ2v) is 6.75. The Morgan fingerprint density at radius 3 is 2.46 bits per heavy atom. The van der Waals surface area contributed by atoms with Crippen molar-refractivity contribution in [2.75, 3.05) is 6.54 Å². The van der Waals surface area contributed by atoms with E-state index >= 15 is 0 Å². The van der Waals surface area contributed by atoms with E-state index in [2.05, 4.69) is 4.72 Å². The van der Waals surface area contributed by atoms with Gasteiger partial charge >= 0.3 is 6.18 Å². The molecule has 0 saturated heterocycles. The van der Waals surface area contributed by atoms with Crippen molar-refractivity contribution >= 4 is 10.0 Å². The fourth-order valence-corrected chi connectivity index (χ4v) is 3.13.